The van der Waals surface area contributed by atoms with E-state index >= 15 is 0 Å². The number of hydrogen-bond donors (Lipinski definition) is 3. The molecule has 0 aliphatic rings. The highest BCUT2D eigenvalue weighted by molar-refractivity contribution is 6.05. The number of benzene rings is 2. The summed E-state index contributed by atoms with van der Waals surface area (Å²) in [5.74, 6) is -1.21. The zero-order valence-corrected chi connectivity index (χ0v) is 18.2. The fourth-order valence-corrected chi connectivity index (χ4v) is 2.99. The summed E-state index contributed by atoms with van der Waals surface area (Å²) in [6, 6.07) is 8.08. The first-order valence-electron chi connectivity index (χ1n) is 9.97. The summed E-state index contributed by atoms with van der Waals surface area (Å²) >= 11 is 0. The highest BCUT2D eigenvalue weighted by atomic mass is 19.4. The summed E-state index contributed by atoms with van der Waals surface area (Å²) < 4.78 is 77.9. The first-order valence-corrected chi connectivity index (χ1v) is 9.97. The molecule has 0 aliphatic heterocycles. The second-order valence-corrected chi connectivity index (χ2v) is 7.73. The molecule has 2 rings (SSSR count). The van der Waals surface area contributed by atoms with E-state index in [0.29, 0.717) is 18.7 Å². The molecule has 0 bridgehead atoms. The quantitative estimate of drug-likeness (QED) is 0.386. The molecule has 12 heteroatoms. The largest absolute Gasteiger partial charge is 0.430 e. The Kier molecular flexibility index (Phi) is 8.32. The SMILES string of the molecule is CN(C)CCCNC(=O)c1cccc(NC(=O)c2ccc(C(O)(C(F)(F)F)C(F)(F)F)cc2)c1. The van der Waals surface area contributed by atoms with Gasteiger partial charge in [-0.05, 0) is 57.4 Å². The van der Waals surface area contributed by atoms with Gasteiger partial charge in [-0.1, -0.05) is 18.2 Å². The van der Waals surface area contributed by atoms with E-state index < -0.39 is 29.4 Å². The Labute approximate surface area is 191 Å². The van der Waals surface area contributed by atoms with E-state index in [4.69, 9.17) is 0 Å². The zero-order chi connectivity index (χ0) is 25.7. The molecule has 6 nitrogen and oxygen atoms in total. The highest BCUT2D eigenvalue weighted by Crippen LogP contribution is 2.49. The van der Waals surface area contributed by atoms with Crippen LogP contribution in [0.25, 0.3) is 0 Å². The number of halogens is 6. The summed E-state index contributed by atoms with van der Waals surface area (Å²) in [4.78, 5) is 26.6. The molecule has 34 heavy (non-hydrogen) atoms. The third kappa shape index (κ3) is 6.26. The van der Waals surface area contributed by atoms with Gasteiger partial charge >= 0.3 is 12.4 Å². The minimum absolute atomic E-state index is 0.192. The van der Waals surface area contributed by atoms with Crippen molar-refractivity contribution >= 4 is 17.5 Å². The fraction of sp³-hybridized carbons (Fsp3) is 0.364. The van der Waals surface area contributed by atoms with Crippen LogP contribution >= 0.6 is 0 Å². The van der Waals surface area contributed by atoms with Gasteiger partial charge in [0, 0.05) is 28.9 Å². The summed E-state index contributed by atoms with van der Waals surface area (Å²) in [6.07, 6.45) is -11.3. The molecule has 0 heterocycles. The number of hydrogen-bond acceptors (Lipinski definition) is 4. The molecule has 0 spiro atoms. The second kappa shape index (κ2) is 10.4. The Morgan fingerprint density at radius 1 is 0.882 bits per heavy atom. The third-order valence-electron chi connectivity index (χ3n) is 4.84. The van der Waals surface area contributed by atoms with Crippen molar-refractivity contribution in [1.82, 2.24) is 10.2 Å². The highest BCUT2D eigenvalue weighted by Gasteiger charge is 2.71. The van der Waals surface area contributed by atoms with Gasteiger partial charge in [0.05, 0.1) is 0 Å². The minimum atomic E-state index is -6.03. The number of rotatable bonds is 8. The van der Waals surface area contributed by atoms with Gasteiger partial charge in [0.15, 0.2) is 0 Å². The van der Waals surface area contributed by atoms with Gasteiger partial charge in [-0.15, -0.1) is 0 Å². The standard InChI is InChI=1S/C22H23F6N3O3/c1-31(2)12-4-11-29-18(32)15-5-3-6-17(13-15)30-19(33)14-7-9-16(10-8-14)20(34,21(23,24)25)22(26,27)28/h3,5-10,13,34H,4,11-12H2,1-2H3,(H,29,32)(H,30,33). The molecule has 3 N–H and O–H groups in total. The molecular weight excluding hydrogens is 468 g/mol. The first-order chi connectivity index (χ1) is 15.7. The van der Waals surface area contributed by atoms with Crippen LogP contribution in [0.2, 0.25) is 0 Å². The van der Waals surface area contributed by atoms with Crippen LogP contribution in [0.15, 0.2) is 48.5 Å². The maximum atomic E-state index is 13.0. The third-order valence-corrected chi connectivity index (χ3v) is 4.84. The fourth-order valence-electron chi connectivity index (χ4n) is 2.99. The van der Waals surface area contributed by atoms with Crippen molar-refractivity contribution in [2.45, 2.75) is 24.4 Å². The lowest BCUT2D eigenvalue weighted by atomic mass is 9.91. The molecule has 186 valence electrons. The van der Waals surface area contributed by atoms with Gasteiger partial charge in [0.2, 0.25) is 0 Å². The monoisotopic (exact) mass is 491 g/mol. The summed E-state index contributed by atoms with van der Waals surface area (Å²) in [7, 11) is 3.79. The van der Waals surface area contributed by atoms with Crippen molar-refractivity contribution < 1.29 is 41.0 Å². The van der Waals surface area contributed by atoms with E-state index in [1.165, 1.54) is 24.3 Å². The molecule has 0 saturated heterocycles. The number of amides is 2. The van der Waals surface area contributed by atoms with E-state index in [1.807, 2.05) is 19.0 Å². The lowest BCUT2D eigenvalue weighted by Gasteiger charge is -2.32. The molecule has 0 saturated carbocycles. The number of alkyl halides is 6. The Morgan fingerprint density at radius 3 is 2.00 bits per heavy atom. The first kappa shape index (κ1) is 27.1. The zero-order valence-electron chi connectivity index (χ0n) is 18.2. The Morgan fingerprint density at radius 2 is 1.47 bits per heavy atom. The molecule has 0 radical (unpaired) electrons. The number of anilines is 1. The number of nitrogens with one attached hydrogen (secondary N) is 2. The predicted octanol–water partition coefficient (Wildman–Crippen LogP) is 3.93. The van der Waals surface area contributed by atoms with Gasteiger partial charge in [-0.25, -0.2) is 0 Å². The maximum absolute atomic E-state index is 13.0. The molecule has 0 unspecified atom stereocenters. The van der Waals surface area contributed by atoms with Crippen molar-refractivity contribution in [1.29, 1.82) is 0 Å². The summed E-state index contributed by atoms with van der Waals surface area (Å²) in [5, 5.41) is 14.6. The van der Waals surface area contributed by atoms with E-state index in [1.54, 1.807) is 0 Å². The van der Waals surface area contributed by atoms with E-state index in [-0.39, 0.29) is 22.7 Å². The molecule has 0 aromatic heterocycles. The van der Waals surface area contributed by atoms with Gasteiger partial charge in [0.1, 0.15) is 0 Å². The second-order valence-electron chi connectivity index (χ2n) is 7.73. The van der Waals surface area contributed by atoms with Crippen LogP contribution in [-0.4, -0.2) is 61.4 Å². The summed E-state index contributed by atoms with van der Waals surface area (Å²) in [5.41, 5.74) is -6.37. The smallest absolute Gasteiger partial charge is 0.369 e. The van der Waals surface area contributed by atoms with Crippen molar-refractivity contribution in [3.8, 4) is 0 Å². The molecule has 2 aromatic rings. The predicted molar refractivity (Wildman–Crippen MR) is 112 cm³/mol. The van der Waals surface area contributed by atoms with Gasteiger partial charge in [-0.2, -0.15) is 26.3 Å². The topological polar surface area (TPSA) is 81.7 Å². The van der Waals surface area contributed by atoms with Gasteiger partial charge in [0.25, 0.3) is 17.4 Å². The van der Waals surface area contributed by atoms with Crippen LogP contribution in [0.1, 0.15) is 32.7 Å². The Balaban J connectivity index is 2.12. The number of aliphatic hydroxyl groups is 1. The van der Waals surface area contributed by atoms with E-state index in [2.05, 4.69) is 10.6 Å². The number of nitrogens with zero attached hydrogens (tertiary/aromatic N) is 1. The van der Waals surface area contributed by atoms with Crippen molar-refractivity contribution in [2.75, 3.05) is 32.5 Å². The maximum Gasteiger partial charge on any atom is 0.430 e. The molecule has 0 atom stereocenters. The lowest BCUT2D eigenvalue weighted by Crippen LogP contribution is -2.53. The van der Waals surface area contributed by atoms with Gasteiger partial charge in [-0.3, -0.25) is 9.59 Å². The molecule has 2 amide bonds. The van der Waals surface area contributed by atoms with E-state index in [0.717, 1.165) is 25.1 Å². The van der Waals surface area contributed by atoms with Crippen molar-refractivity contribution in [2.24, 2.45) is 0 Å². The van der Waals surface area contributed by atoms with Crippen molar-refractivity contribution in [3.05, 3.63) is 65.2 Å². The van der Waals surface area contributed by atoms with Crippen LogP contribution in [0.3, 0.4) is 0 Å². The Hall–Kier alpha value is -3.12. The van der Waals surface area contributed by atoms with Crippen molar-refractivity contribution in [3.63, 3.8) is 0 Å². The molecule has 2 aromatic carbocycles. The lowest BCUT2D eigenvalue weighted by molar-refractivity contribution is -0.376. The number of carbonyl (C=O) groups is 2. The van der Waals surface area contributed by atoms with Crippen LogP contribution in [0, 0.1) is 0 Å². The number of carbonyl (C=O) groups excluding carboxylic acids is 2. The van der Waals surface area contributed by atoms with Crippen LogP contribution < -0.4 is 10.6 Å². The average molecular weight is 491 g/mol. The summed E-state index contributed by atoms with van der Waals surface area (Å²) in [6.45, 7) is 1.21. The minimum Gasteiger partial charge on any atom is -0.369 e. The molecule has 0 fully saturated rings. The van der Waals surface area contributed by atoms with Gasteiger partial charge < -0.3 is 20.6 Å². The average Bonchev–Trinajstić information content (AvgIpc) is 2.74. The molecular formula is C22H23F6N3O3. The van der Waals surface area contributed by atoms with Crippen LogP contribution in [-0.2, 0) is 5.60 Å². The van der Waals surface area contributed by atoms with Crippen LogP contribution in [0.4, 0.5) is 32.0 Å². The van der Waals surface area contributed by atoms with Crippen LogP contribution in [0.5, 0.6) is 0 Å². The normalized spacial score (nSPS) is 12.5. The molecule has 0 aliphatic carbocycles. The Bertz CT molecular complexity index is 990. The van der Waals surface area contributed by atoms with E-state index in [9.17, 15) is 41.0 Å².